The largest absolute Gasteiger partial charge is 1.00 e. The Morgan fingerprint density at radius 3 is 1.33 bits per heavy atom. The van der Waals surface area contributed by atoms with E-state index in [-0.39, 0.29) is 29.6 Å². The molecular weight excluding hydrogens is 266 g/mol. The zero-order valence-electron chi connectivity index (χ0n) is 9.31. The average Bonchev–Trinajstić information content (AvgIpc) is 1.98. The minimum atomic E-state index is -2.74. The van der Waals surface area contributed by atoms with Crippen molar-refractivity contribution in [3.05, 3.63) is 0 Å². The predicted octanol–water partition coefficient (Wildman–Crippen LogP) is -6.93. The van der Waals surface area contributed by atoms with Gasteiger partial charge in [-0.15, -0.1) is 0 Å². The Morgan fingerprint density at radius 2 is 1.22 bits per heavy atom. The average molecular weight is 276 g/mol. The molecule has 0 bridgehead atoms. The maximum Gasteiger partial charge on any atom is 1.00 e. The molecule has 0 saturated heterocycles. The Kier molecular flexibility index (Phi) is 12.8. The summed E-state index contributed by atoms with van der Waals surface area (Å²) in [6.07, 6.45) is -2.29. The Bertz CT molecular complexity index is 273. The molecule has 0 heterocycles. The van der Waals surface area contributed by atoms with Gasteiger partial charge in [0.05, 0.1) is 12.8 Å². The van der Waals surface area contributed by atoms with Gasteiger partial charge in [0, 0.05) is 0 Å². The van der Waals surface area contributed by atoms with E-state index in [1.807, 2.05) is 0 Å². The third-order valence-corrected chi connectivity index (χ3v) is 1.29. The molecule has 98 valence electrons. The number of rotatable bonds is 5. The molecule has 0 rings (SSSR count). The van der Waals surface area contributed by atoms with Crippen LogP contribution in [0.4, 0.5) is 0 Å². The van der Waals surface area contributed by atoms with Crippen LogP contribution < -0.4 is 34.6 Å². The maximum atomic E-state index is 10.3. The number of aliphatic hydroxyl groups is 1. The fraction of sp³-hybridized carbons (Fsp3) is 0.500. The first-order chi connectivity index (χ1) is 7.51. The number of hydrogen-bond donors (Lipinski definition) is 6. The summed E-state index contributed by atoms with van der Waals surface area (Å²) in [7, 11) is -2.42. The van der Waals surface area contributed by atoms with E-state index in [0.717, 1.165) is 0 Å². The molecule has 0 spiro atoms. The van der Waals surface area contributed by atoms with Gasteiger partial charge in [0.25, 0.3) is 0 Å². The van der Waals surface area contributed by atoms with Crippen LogP contribution in [0.1, 0.15) is 12.8 Å². The van der Waals surface area contributed by atoms with Gasteiger partial charge in [0.15, 0.2) is 5.60 Å². The first-order valence-corrected chi connectivity index (χ1v) is 3.92. The molecule has 0 saturated carbocycles. The second-order valence-electron chi connectivity index (χ2n) is 2.80. The van der Waals surface area contributed by atoms with Crippen molar-refractivity contribution in [3.8, 4) is 0 Å². The van der Waals surface area contributed by atoms with Crippen molar-refractivity contribution in [3.63, 3.8) is 0 Å². The van der Waals surface area contributed by atoms with E-state index >= 15 is 0 Å². The van der Waals surface area contributed by atoms with Crippen LogP contribution in [0.15, 0.2) is 0 Å². The van der Waals surface area contributed by atoms with Crippen LogP contribution in [-0.2, 0) is 14.4 Å². The van der Waals surface area contributed by atoms with Crippen LogP contribution in [0.3, 0.4) is 0 Å². The van der Waals surface area contributed by atoms with Gasteiger partial charge in [0.1, 0.15) is 0 Å². The smallest absolute Gasteiger partial charge is 0.832 e. The number of carbonyl (C=O) groups is 3. The van der Waals surface area contributed by atoms with Crippen molar-refractivity contribution in [2.24, 2.45) is 0 Å². The molecule has 18 heavy (non-hydrogen) atoms. The van der Waals surface area contributed by atoms with Crippen LogP contribution in [0.5, 0.6) is 0 Å². The Hall–Kier alpha value is -0.685. The van der Waals surface area contributed by atoms with Gasteiger partial charge in [-0.2, -0.15) is 0 Å². The van der Waals surface area contributed by atoms with Gasteiger partial charge in [-0.1, -0.05) is 0 Å². The van der Waals surface area contributed by atoms with Crippen molar-refractivity contribution >= 4 is 25.2 Å². The summed E-state index contributed by atoms with van der Waals surface area (Å²) in [5.74, 6) is -5.02. The monoisotopic (exact) mass is 276 g/mol. The van der Waals surface area contributed by atoms with Crippen LogP contribution >= 0.6 is 0 Å². The summed E-state index contributed by atoms with van der Waals surface area (Å²) in [4.78, 5) is 30.5. The SMILES string of the molecule is O=C(O)CC(O)(CC(=O)O)C(=O)O.[Na+].[O-]B(O)O. The molecule has 0 amide bonds. The molecule has 12 heteroatoms. The van der Waals surface area contributed by atoms with Crippen molar-refractivity contribution in [2.45, 2.75) is 18.4 Å². The normalized spacial score (nSPS) is 9.33. The van der Waals surface area contributed by atoms with E-state index in [1.54, 1.807) is 0 Å². The first-order valence-electron chi connectivity index (χ1n) is 3.92. The quantitative estimate of drug-likeness (QED) is 0.262. The number of hydrogen-bond acceptors (Lipinski definition) is 7. The van der Waals surface area contributed by atoms with E-state index in [4.69, 9.17) is 35.5 Å². The maximum absolute atomic E-state index is 10.3. The van der Waals surface area contributed by atoms with E-state index < -0.39 is 43.7 Å². The van der Waals surface area contributed by atoms with E-state index in [9.17, 15) is 14.4 Å². The van der Waals surface area contributed by atoms with Crippen LogP contribution in [0.25, 0.3) is 0 Å². The zero-order chi connectivity index (χ0) is 14.2. The van der Waals surface area contributed by atoms with E-state index in [2.05, 4.69) is 0 Å². The third-order valence-electron chi connectivity index (χ3n) is 1.29. The van der Waals surface area contributed by atoms with Gasteiger partial charge < -0.3 is 35.5 Å². The summed E-state index contributed by atoms with van der Waals surface area (Å²) >= 11 is 0. The molecule has 0 aromatic rings. The topological polar surface area (TPSA) is 196 Å². The van der Waals surface area contributed by atoms with Gasteiger partial charge in [-0.3, -0.25) is 9.59 Å². The summed E-state index contributed by atoms with van der Waals surface area (Å²) in [5.41, 5.74) is -2.74. The van der Waals surface area contributed by atoms with Crippen LogP contribution in [-0.4, -0.2) is 61.3 Å². The standard InChI is InChI=1S/C6H8O7.BH2O3.Na/c7-3(8)1-6(13,5(11)12)2-4(9)10;2-1(3)4;/h13H,1-2H2,(H,7,8)(H,9,10)(H,11,12);2-3H;/q;-1;+1. The number of aliphatic carboxylic acids is 3. The Morgan fingerprint density at radius 1 is 1.00 bits per heavy atom. The molecule has 0 aliphatic carbocycles. The molecule has 6 N–H and O–H groups in total. The van der Waals surface area contributed by atoms with Gasteiger partial charge in [0.2, 0.25) is 0 Å². The second-order valence-corrected chi connectivity index (χ2v) is 2.80. The molecule has 0 aromatic heterocycles. The third kappa shape index (κ3) is 13.4. The number of carboxylic acids is 3. The van der Waals surface area contributed by atoms with E-state index in [0.29, 0.717) is 0 Å². The Balaban J connectivity index is -0.000000392. The predicted molar refractivity (Wildman–Crippen MR) is 47.3 cm³/mol. The molecule has 0 aliphatic heterocycles. The van der Waals surface area contributed by atoms with Crippen molar-refractivity contribution in [1.82, 2.24) is 0 Å². The molecule has 0 aliphatic rings. The van der Waals surface area contributed by atoms with Crippen molar-refractivity contribution in [1.29, 1.82) is 0 Å². The fourth-order valence-electron chi connectivity index (χ4n) is 0.714. The molecule has 0 aromatic carbocycles. The molecular formula is C6H10BNaO10. The molecule has 0 unspecified atom stereocenters. The van der Waals surface area contributed by atoms with Crippen molar-refractivity contribution in [2.75, 3.05) is 0 Å². The molecule has 0 atom stereocenters. The second kappa shape index (κ2) is 10.3. The van der Waals surface area contributed by atoms with Gasteiger partial charge in [-0.05, 0) is 0 Å². The summed E-state index contributed by atoms with van der Waals surface area (Å²) in [6.45, 7) is 0. The fourth-order valence-corrected chi connectivity index (χ4v) is 0.714. The van der Waals surface area contributed by atoms with Gasteiger partial charge >= 0.3 is 54.8 Å². The van der Waals surface area contributed by atoms with Gasteiger partial charge in [-0.25, -0.2) is 4.79 Å². The Labute approximate surface area is 123 Å². The summed E-state index contributed by atoms with van der Waals surface area (Å²) < 4.78 is 0. The molecule has 0 fully saturated rings. The molecule has 10 nitrogen and oxygen atoms in total. The van der Waals surface area contributed by atoms with Crippen LogP contribution in [0.2, 0.25) is 0 Å². The van der Waals surface area contributed by atoms with E-state index in [1.165, 1.54) is 0 Å². The number of carboxylic acid groups (broad SMARTS) is 3. The summed E-state index contributed by atoms with van der Waals surface area (Å²) in [6, 6.07) is 0. The summed E-state index contributed by atoms with van der Waals surface area (Å²) in [5, 5.41) is 56.6. The first kappa shape index (κ1) is 22.5. The van der Waals surface area contributed by atoms with Crippen LogP contribution in [0, 0.1) is 0 Å². The zero-order valence-corrected chi connectivity index (χ0v) is 11.3. The van der Waals surface area contributed by atoms with Crippen molar-refractivity contribution < 1.29 is 79.4 Å². The minimum absolute atomic E-state index is 0. The minimum Gasteiger partial charge on any atom is -0.832 e. The molecule has 0 radical (unpaired) electrons.